The van der Waals surface area contributed by atoms with Gasteiger partial charge in [-0.05, 0) is 63.3 Å². The van der Waals surface area contributed by atoms with Gasteiger partial charge in [-0.3, -0.25) is 4.79 Å². The van der Waals surface area contributed by atoms with E-state index in [1.165, 1.54) is 12.8 Å². The van der Waals surface area contributed by atoms with Gasteiger partial charge in [-0.1, -0.05) is 11.8 Å². The van der Waals surface area contributed by atoms with Crippen LogP contribution >= 0.6 is 0 Å². The maximum Gasteiger partial charge on any atom is 0.251 e. The maximum atomic E-state index is 12.3. The first-order chi connectivity index (χ1) is 9.44. The molecule has 0 aliphatic heterocycles. The summed E-state index contributed by atoms with van der Waals surface area (Å²) in [6.07, 6.45) is 2.42. The van der Waals surface area contributed by atoms with Crippen molar-refractivity contribution in [1.82, 2.24) is 5.32 Å². The van der Waals surface area contributed by atoms with Crippen molar-refractivity contribution < 1.29 is 4.79 Å². The Morgan fingerprint density at radius 3 is 2.70 bits per heavy atom. The average Bonchev–Trinajstić information content (AvgIpc) is 3.21. The van der Waals surface area contributed by atoms with Gasteiger partial charge < -0.3 is 11.1 Å². The summed E-state index contributed by atoms with van der Waals surface area (Å²) in [5, 5.41) is 3.13. The third-order valence-electron chi connectivity index (χ3n) is 3.85. The summed E-state index contributed by atoms with van der Waals surface area (Å²) in [4.78, 5) is 12.3. The Kier molecular flexibility index (Phi) is 4.15. The lowest BCUT2D eigenvalue weighted by molar-refractivity contribution is 0.0903. The summed E-state index contributed by atoms with van der Waals surface area (Å²) in [6.45, 7) is 6.49. The second kappa shape index (κ2) is 5.68. The van der Waals surface area contributed by atoms with Crippen LogP contribution in [-0.2, 0) is 0 Å². The van der Waals surface area contributed by atoms with Crippen LogP contribution in [0.25, 0.3) is 0 Å². The van der Waals surface area contributed by atoms with Crippen LogP contribution < -0.4 is 11.1 Å². The number of hydrogen-bond acceptors (Lipinski definition) is 2. The number of rotatable bonds is 3. The minimum Gasteiger partial charge on any atom is -0.347 e. The van der Waals surface area contributed by atoms with Crippen LogP contribution in [0, 0.1) is 24.7 Å². The second-order valence-electron chi connectivity index (χ2n) is 5.99. The van der Waals surface area contributed by atoms with Gasteiger partial charge in [0, 0.05) is 16.7 Å². The highest BCUT2D eigenvalue weighted by Gasteiger charge is 2.38. The topological polar surface area (TPSA) is 55.1 Å². The Bertz CT molecular complexity index is 574. The molecule has 0 unspecified atom stereocenters. The van der Waals surface area contributed by atoms with Crippen molar-refractivity contribution in [2.45, 2.75) is 39.2 Å². The zero-order chi connectivity index (χ0) is 14.8. The lowest BCUT2D eigenvalue weighted by Gasteiger charge is -2.26. The van der Waals surface area contributed by atoms with Crippen molar-refractivity contribution in [3.63, 3.8) is 0 Å². The number of nitrogens with two attached hydrogens (primary N) is 1. The Morgan fingerprint density at radius 2 is 2.15 bits per heavy atom. The van der Waals surface area contributed by atoms with E-state index in [4.69, 9.17) is 5.73 Å². The lowest BCUT2D eigenvalue weighted by atomic mass is 9.97. The molecule has 3 N–H and O–H groups in total. The first-order valence-corrected chi connectivity index (χ1v) is 7.06. The molecular formula is C17H22N2O. The molecule has 1 saturated carbocycles. The molecule has 1 aliphatic rings. The van der Waals surface area contributed by atoms with Gasteiger partial charge in [-0.15, -0.1) is 0 Å². The first-order valence-electron chi connectivity index (χ1n) is 7.06. The predicted molar refractivity (Wildman–Crippen MR) is 81.4 cm³/mol. The van der Waals surface area contributed by atoms with Crippen molar-refractivity contribution in [2.75, 3.05) is 6.54 Å². The quantitative estimate of drug-likeness (QED) is 0.828. The van der Waals surface area contributed by atoms with Crippen molar-refractivity contribution in [2.24, 2.45) is 11.7 Å². The first kappa shape index (κ1) is 14.6. The number of hydrogen-bond donors (Lipinski definition) is 2. The predicted octanol–water partition coefficient (Wildman–Crippen LogP) is 2.22. The fraction of sp³-hybridized carbons (Fsp3) is 0.471. The number of benzene rings is 1. The zero-order valence-electron chi connectivity index (χ0n) is 12.4. The third kappa shape index (κ3) is 3.40. The van der Waals surface area contributed by atoms with Crippen LogP contribution in [0.2, 0.25) is 0 Å². The molecule has 0 saturated heterocycles. The summed E-state index contributed by atoms with van der Waals surface area (Å²) >= 11 is 0. The van der Waals surface area contributed by atoms with Crippen LogP contribution in [0.1, 0.15) is 48.2 Å². The van der Waals surface area contributed by atoms with E-state index in [1.807, 2.05) is 25.1 Å². The maximum absolute atomic E-state index is 12.3. The van der Waals surface area contributed by atoms with Gasteiger partial charge >= 0.3 is 0 Å². The lowest BCUT2D eigenvalue weighted by Crippen LogP contribution is -2.45. The number of amides is 1. The highest BCUT2D eigenvalue weighted by atomic mass is 16.1. The fourth-order valence-electron chi connectivity index (χ4n) is 2.36. The average molecular weight is 270 g/mol. The monoisotopic (exact) mass is 270 g/mol. The van der Waals surface area contributed by atoms with Gasteiger partial charge in [0.15, 0.2) is 0 Å². The molecule has 1 aromatic rings. The molecule has 1 amide bonds. The molecule has 20 heavy (non-hydrogen) atoms. The van der Waals surface area contributed by atoms with E-state index in [2.05, 4.69) is 31.0 Å². The highest BCUT2D eigenvalue weighted by Crippen LogP contribution is 2.39. The van der Waals surface area contributed by atoms with Gasteiger partial charge in [-0.2, -0.15) is 0 Å². The molecule has 106 valence electrons. The third-order valence-corrected chi connectivity index (χ3v) is 3.85. The summed E-state index contributed by atoms with van der Waals surface area (Å²) in [7, 11) is 0. The van der Waals surface area contributed by atoms with E-state index in [1.54, 1.807) is 0 Å². The van der Waals surface area contributed by atoms with Gasteiger partial charge in [0.05, 0.1) is 6.54 Å². The SMILES string of the molecule is Cc1cc(C(=O)NC(C)(C)C2CC2)ccc1C#CCN. The molecule has 3 heteroatoms. The molecular weight excluding hydrogens is 248 g/mol. The van der Waals surface area contributed by atoms with Gasteiger partial charge in [0.25, 0.3) is 5.91 Å². The summed E-state index contributed by atoms with van der Waals surface area (Å²) in [6, 6.07) is 5.60. The van der Waals surface area contributed by atoms with Crippen molar-refractivity contribution >= 4 is 5.91 Å². The number of aryl methyl sites for hydroxylation is 1. The summed E-state index contributed by atoms with van der Waals surface area (Å²) in [5.41, 5.74) is 7.86. The normalized spacial score (nSPS) is 14.4. The minimum atomic E-state index is -0.122. The Morgan fingerprint density at radius 1 is 1.45 bits per heavy atom. The minimum absolute atomic E-state index is 0.0108. The van der Waals surface area contributed by atoms with Crippen molar-refractivity contribution in [3.05, 3.63) is 34.9 Å². The van der Waals surface area contributed by atoms with Crippen LogP contribution in [0.4, 0.5) is 0 Å². The van der Waals surface area contributed by atoms with Crippen molar-refractivity contribution in [3.8, 4) is 11.8 Å². The van der Waals surface area contributed by atoms with Crippen molar-refractivity contribution in [1.29, 1.82) is 0 Å². The fourth-order valence-corrected chi connectivity index (χ4v) is 2.36. The molecule has 1 fully saturated rings. The van der Waals surface area contributed by atoms with Crippen LogP contribution in [0.3, 0.4) is 0 Å². The molecule has 0 radical (unpaired) electrons. The number of carbonyl (C=O) groups excluding carboxylic acids is 1. The van der Waals surface area contributed by atoms with E-state index < -0.39 is 0 Å². The van der Waals surface area contributed by atoms with E-state index in [0.29, 0.717) is 18.0 Å². The van der Waals surface area contributed by atoms with Crippen LogP contribution in [-0.4, -0.2) is 18.0 Å². The summed E-state index contributed by atoms with van der Waals surface area (Å²) < 4.78 is 0. The smallest absolute Gasteiger partial charge is 0.251 e. The molecule has 0 heterocycles. The molecule has 3 nitrogen and oxygen atoms in total. The number of carbonyl (C=O) groups is 1. The van der Waals surface area contributed by atoms with Gasteiger partial charge in [0.1, 0.15) is 0 Å². The standard InChI is InChI=1S/C17H22N2O/c1-12-11-14(7-6-13(12)5-4-10-18)16(20)19-17(2,3)15-8-9-15/h6-7,11,15H,8-10,18H2,1-3H3,(H,19,20). The van der Waals surface area contributed by atoms with Crippen LogP contribution in [0.15, 0.2) is 18.2 Å². The second-order valence-corrected chi connectivity index (χ2v) is 5.99. The van der Waals surface area contributed by atoms with E-state index in [0.717, 1.165) is 11.1 Å². The summed E-state index contributed by atoms with van der Waals surface area (Å²) in [5.74, 6) is 6.44. The molecule has 0 spiro atoms. The largest absolute Gasteiger partial charge is 0.347 e. The van der Waals surface area contributed by atoms with Gasteiger partial charge in [-0.25, -0.2) is 0 Å². The highest BCUT2D eigenvalue weighted by molar-refractivity contribution is 5.95. The zero-order valence-corrected chi connectivity index (χ0v) is 12.4. The molecule has 0 atom stereocenters. The molecule has 0 aromatic heterocycles. The van der Waals surface area contributed by atoms with Crippen LogP contribution in [0.5, 0.6) is 0 Å². The van der Waals surface area contributed by atoms with E-state index >= 15 is 0 Å². The molecule has 2 rings (SSSR count). The van der Waals surface area contributed by atoms with E-state index in [-0.39, 0.29) is 11.4 Å². The Labute approximate surface area is 120 Å². The molecule has 0 bridgehead atoms. The Balaban J connectivity index is 2.12. The molecule has 1 aliphatic carbocycles. The Hall–Kier alpha value is -1.79. The number of nitrogens with one attached hydrogen (secondary N) is 1. The molecule has 1 aromatic carbocycles. The van der Waals surface area contributed by atoms with E-state index in [9.17, 15) is 4.79 Å². The van der Waals surface area contributed by atoms with Gasteiger partial charge in [0.2, 0.25) is 0 Å².